The van der Waals surface area contributed by atoms with E-state index in [2.05, 4.69) is 146 Å². The third-order valence-corrected chi connectivity index (χ3v) is 8.57. The van der Waals surface area contributed by atoms with E-state index in [1.165, 1.54) is 0 Å². The van der Waals surface area contributed by atoms with Gasteiger partial charge in [-0.1, -0.05) is 109 Å². The Morgan fingerprint density at radius 2 is 0.933 bits per heavy atom. The van der Waals surface area contributed by atoms with Crippen LogP contribution < -0.4 is 4.90 Å². The summed E-state index contributed by atoms with van der Waals surface area (Å²) in [6, 6.07) is 46.7. The van der Waals surface area contributed by atoms with Gasteiger partial charge in [-0.3, -0.25) is 0 Å². The molecule has 3 heteroatoms. The topological polar surface area (TPSA) is 29.5 Å². The van der Waals surface area contributed by atoms with Crippen molar-refractivity contribution in [2.75, 3.05) is 4.90 Å². The SMILES string of the molecule is C/C=C\C(=C/C)N(c1ccc(-c2cccc3c2oc2ccccc23)cc1)c1ccc(-c2cccc3c2oc2ccccc23)cc1. The van der Waals surface area contributed by atoms with E-state index in [1.807, 2.05) is 24.3 Å². The number of nitrogens with zero attached hydrogens (tertiary/aromatic N) is 1. The first kappa shape index (κ1) is 26.8. The first-order valence-corrected chi connectivity index (χ1v) is 15.3. The Hall–Kier alpha value is -5.80. The molecule has 0 aliphatic heterocycles. The van der Waals surface area contributed by atoms with Gasteiger partial charge in [0.1, 0.15) is 22.3 Å². The van der Waals surface area contributed by atoms with Crippen molar-refractivity contribution in [1.29, 1.82) is 0 Å². The number of para-hydroxylation sites is 4. The Morgan fingerprint density at radius 3 is 1.38 bits per heavy atom. The number of furan rings is 2. The predicted octanol–water partition coefficient (Wildman–Crippen LogP) is 12.4. The predicted molar refractivity (Wildman–Crippen MR) is 189 cm³/mol. The summed E-state index contributed by atoms with van der Waals surface area (Å²) in [5, 5.41) is 4.55. The van der Waals surface area contributed by atoms with Crippen LogP contribution >= 0.6 is 0 Å². The second-order valence-electron chi connectivity index (χ2n) is 11.2. The number of allylic oxidation sites excluding steroid dienone is 3. The van der Waals surface area contributed by atoms with Crippen LogP contribution in [0.15, 0.2) is 166 Å². The lowest BCUT2D eigenvalue weighted by Crippen LogP contribution is -2.15. The van der Waals surface area contributed by atoms with Crippen molar-refractivity contribution in [3.63, 3.8) is 0 Å². The van der Waals surface area contributed by atoms with Crippen molar-refractivity contribution in [3.05, 3.63) is 157 Å². The number of rotatable bonds is 6. The molecule has 2 heterocycles. The number of benzene rings is 6. The Labute approximate surface area is 261 Å². The lowest BCUT2D eigenvalue weighted by atomic mass is 10.0. The van der Waals surface area contributed by atoms with Crippen molar-refractivity contribution < 1.29 is 8.83 Å². The van der Waals surface area contributed by atoms with E-state index < -0.39 is 0 Å². The van der Waals surface area contributed by atoms with Crippen LogP contribution in [0.2, 0.25) is 0 Å². The third-order valence-electron chi connectivity index (χ3n) is 8.57. The van der Waals surface area contributed by atoms with Crippen molar-refractivity contribution in [2.24, 2.45) is 0 Å². The Morgan fingerprint density at radius 1 is 0.489 bits per heavy atom. The van der Waals surface area contributed by atoms with Gasteiger partial charge < -0.3 is 13.7 Å². The summed E-state index contributed by atoms with van der Waals surface area (Å²) in [6.07, 6.45) is 6.37. The highest BCUT2D eigenvalue weighted by Gasteiger charge is 2.17. The van der Waals surface area contributed by atoms with Crippen LogP contribution in [0.1, 0.15) is 13.8 Å². The van der Waals surface area contributed by atoms with Crippen LogP contribution in [0.3, 0.4) is 0 Å². The zero-order valence-corrected chi connectivity index (χ0v) is 25.2. The molecule has 0 spiro atoms. The number of hydrogen-bond acceptors (Lipinski definition) is 3. The first-order chi connectivity index (χ1) is 22.2. The second kappa shape index (κ2) is 11.0. The molecule has 0 bridgehead atoms. The molecule has 3 nitrogen and oxygen atoms in total. The summed E-state index contributed by atoms with van der Waals surface area (Å²) in [5.41, 5.74) is 11.3. The minimum absolute atomic E-state index is 0.909. The Kier molecular flexibility index (Phi) is 6.57. The third kappa shape index (κ3) is 4.52. The van der Waals surface area contributed by atoms with Gasteiger partial charge in [-0.15, -0.1) is 0 Å². The van der Waals surface area contributed by atoms with Crippen molar-refractivity contribution in [1.82, 2.24) is 0 Å². The Bertz CT molecular complexity index is 2230. The molecule has 0 saturated heterocycles. The Balaban J connectivity index is 1.18. The molecule has 8 rings (SSSR count). The molecular weight excluding hydrogens is 550 g/mol. The standard InChI is InChI=1S/C42H31NO2/c1-3-11-30(4-2)43(31-24-20-28(21-25-31)33-14-9-16-37-35-12-5-7-18-39(35)44-41(33)37)32-26-22-29(23-27-32)34-15-10-17-38-36-13-6-8-19-40(36)45-42(34)38/h3-27H,1-2H3/b11-3-,30-4+. The zero-order chi connectivity index (χ0) is 30.3. The summed E-state index contributed by atoms with van der Waals surface area (Å²) >= 11 is 0. The largest absolute Gasteiger partial charge is 0.455 e. The van der Waals surface area contributed by atoms with Gasteiger partial charge in [-0.05, 0) is 67.4 Å². The molecule has 0 fully saturated rings. The smallest absolute Gasteiger partial charge is 0.143 e. The average molecular weight is 582 g/mol. The quantitative estimate of drug-likeness (QED) is 0.183. The maximum atomic E-state index is 6.33. The molecule has 0 aliphatic carbocycles. The van der Waals surface area contributed by atoms with E-state index in [-0.39, 0.29) is 0 Å². The summed E-state index contributed by atoms with van der Waals surface area (Å²) in [7, 11) is 0. The van der Waals surface area contributed by atoms with Crippen LogP contribution in [0.5, 0.6) is 0 Å². The number of anilines is 2. The van der Waals surface area contributed by atoms with Crippen LogP contribution in [0.25, 0.3) is 66.1 Å². The van der Waals surface area contributed by atoms with Crippen molar-refractivity contribution in [3.8, 4) is 22.3 Å². The maximum Gasteiger partial charge on any atom is 0.143 e. The van der Waals surface area contributed by atoms with E-state index in [4.69, 9.17) is 8.83 Å². The van der Waals surface area contributed by atoms with Gasteiger partial charge in [-0.2, -0.15) is 0 Å². The van der Waals surface area contributed by atoms with Gasteiger partial charge in [0.25, 0.3) is 0 Å². The monoisotopic (exact) mass is 581 g/mol. The molecule has 0 atom stereocenters. The summed E-state index contributed by atoms with van der Waals surface area (Å²) in [5.74, 6) is 0. The number of fused-ring (bicyclic) bond motifs is 6. The van der Waals surface area contributed by atoms with E-state index in [9.17, 15) is 0 Å². The lowest BCUT2D eigenvalue weighted by molar-refractivity contribution is 0.669. The lowest BCUT2D eigenvalue weighted by Gasteiger charge is -2.27. The van der Waals surface area contributed by atoms with E-state index in [0.717, 1.165) is 83.2 Å². The summed E-state index contributed by atoms with van der Waals surface area (Å²) < 4.78 is 12.7. The highest BCUT2D eigenvalue weighted by Crippen LogP contribution is 2.39. The van der Waals surface area contributed by atoms with Gasteiger partial charge in [-0.25, -0.2) is 0 Å². The van der Waals surface area contributed by atoms with Crippen LogP contribution in [-0.2, 0) is 0 Å². The van der Waals surface area contributed by atoms with Crippen LogP contribution in [0.4, 0.5) is 11.4 Å². The molecule has 8 aromatic rings. The van der Waals surface area contributed by atoms with Gasteiger partial charge in [0.15, 0.2) is 0 Å². The maximum absolute atomic E-state index is 6.33. The molecule has 0 radical (unpaired) electrons. The minimum Gasteiger partial charge on any atom is -0.455 e. The van der Waals surface area contributed by atoms with Gasteiger partial charge >= 0.3 is 0 Å². The fraction of sp³-hybridized carbons (Fsp3) is 0.0476. The van der Waals surface area contributed by atoms with E-state index >= 15 is 0 Å². The van der Waals surface area contributed by atoms with Crippen LogP contribution in [0, 0.1) is 0 Å². The fourth-order valence-electron chi connectivity index (χ4n) is 6.45. The molecule has 45 heavy (non-hydrogen) atoms. The molecule has 0 unspecified atom stereocenters. The molecule has 0 aliphatic rings. The average Bonchev–Trinajstić information content (AvgIpc) is 3.67. The highest BCUT2D eigenvalue weighted by atomic mass is 16.3. The molecule has 0 N–H and O–H groups in total. The van der Waals surface area contributed by atoms with Gasteiger partial charge in [0.2, 0.25) is 0 Å². The second-order valence-corrected chi connectivity index (χ2v) is 11.2. The molecular formula is C42H31NO2. The molecule has 0 saturated carbocycles. The molecule has 6 aromatic carbocycles. The minimum atomic E-state index is 0.909. The van der Waals surface area contributed by atoms with E-state index in [1.54, 1.807) is 0 Å². The normalized spacial score (nSPS) is 12.3. The fourth-order valence-corrected chi connectivity index (χ4v) is 6.45. The molecule has 2 aromatic heterocycles. The first-order valence-electron chi connectivity index (χ1n) is 15.3. The summed E-state index contributed by atoms with van der Waals surface area (Å²) in [4.78, 5) is 2.29. The van der Waals surface area contributed by atoms with Gasteiger partial charge in [0, 0.05) is 49.7 Å². The van der Waals surface area contributed by atoms with Crippen molar-refractivity contribution in [2.45, 2.75) is 13.8 Å². The van der Waals surface area contributed by atoms with E-state index in [0.29, 0.717) is 0 Å². The van der Waals surface area contributed by atoms with Gasteiger partial charge in [0.05, 0.1) is 0 Å². The number of hydrogen-bond donors (Lipinski definition) is 0. The van der Waals surface area contributed by atoms with Crippen molar-refractivity contribution >= 4 is 55.3 Å². The van der Waals surface area contributed by atoms with Crippen LogP contribution in [-0.4, -0.2) is 0 Å². The highest BCUT2D eigenvalue weighted by molar-refractivity contribution is 6.10. The zero-order valence-electron chi connectivity index (χ0n) is 25.2. The molecule has 0 amide bonds. The summed E-state index contributed by atoms with van der Waals surface area (Å²) in [6.45, 7) is 4.13. The molecule has 216 valence electrons.